The predicted octanol–water partition coefficient (Wildman–Crippen LogP) is 4.60. The van der Waals surface area contributed by atoms with E-state index in [9.17, 15) is 14.4 Å². The second kappa shape index (κ2) is 11.4. The third-order valence-electron chi connectivity index (χ3n) is 6.85. The van der Waals surface area contributed by atoms with Crippen molar-refractivity contribution >= 4 is 23.5 Å². The first-order chi connectivity index (χ1) is 17.4. The zero-order chi connectivity index (χ0) is 25.5. The maximum atomic E-state index is 13.6. The predicted molar refractivity (Wildman–Crippen MR) is 139 cm³/mol. The van der Waals surface area contributed by atoms with E-state index in [1.165, 1.54) is 0 Å². The number of urea groups is 1. The van der Waals surface area contributed by atoms with Crippen molar-refractivity contribution in [3.63, 3.8) is 0 Å². The van der Waals surface area contributed by atoms with Crippen LogP contribution < -0.4 is 20.7 Å². The lowest BCUT2D eigenvalue weighted by molar-refractivity contribution is -0.124. The molecule has 8 heteroatoms. The van der Waals surface area contributed by atoms with Crippen LogP contribution in [-0.4, -0.2) is 47.9 Å². The number of ether oxygens (including phenoxy) is 1. The second-order valence-corrected chi connectivity index (χ2v) is 9.32. The number of piperazine rings is 1. The maximum absolute atomic E-state index is 13.6. The highest BCUT2D eigenvalue weighted by molar-refractivity contribution is 6.20. The highest BCUT2D eigenvalue weighted by Gasteiger charge is 2.50. The summed E-state index contributed by atoms with van der Waals surface area (Å²) in [6.45, 7) is 5.26. The van der Waals surface area contributed by atoms with E-state index in [1.54, 1.807) is 36.1 Å². The van der Waals surface area contributed by atoms with Crippen LogP contribution in [0.1, 0.15) is 46.0 Å². The van der Waals surface area contributed by atoms with E-state index in [0.29, 0.717) is 48.6 Å². The molecular formula is C28H34N4O4. The summed E-state index contributed by atoms with van der Waals surface area (Å²) >= 11 is 0. The van der Waals surface area contributed by atoms with Gasteiger partial charge in [-0.3, -0.25) is 14.9 Å². The van der Waals surface area contributed by atoms with Crippen LogP contribution in [0, 0.1) is 0 Å². The zero-order valence-corrected chi connectivity index (χ0v) is 20.9. The van der Waals surface area contributed by atoms with Gasteiger partial charge in [0.15, 0.2) is 0 Å². The van der Waals surface area contributed by atoms with Crippen molar-refractivity contribution in [1.82, 2.24) is 15.5 Å². The van der Waals surface area contributed by atoms with Crippen molar-refractivity contribution in [2.45, 2.75) is 51.5 Å². The van der Waals surface area contributed by atoms with Crippen LogP contribution in [0.2, 0.25) is 0 Å². The molecule has 2 aromatic rings. The molecule has 1 atom stereocenters. The molecule has 1 fully saturated rings. The van der Waals surface area contributed by atoms with Crippen molar-refractivity contribution in [2.75, 3.05) is 25.0 Å². The molecule has 4 rings (SSSR count). The highest BCUT2D eigenvalue weighted by atomic mass is 16.5. The first kappa shape index (κ1) is 25.4. The summed E-state index contributed by atoms with van der Waals surface area (Å²) in [6, 6.07) is 16.4. The number of rotatable bonds is 9. The summed E-state index contributed by atoms with van der Waals surface area (Å²) in [4.78, 5) is 40.6. The number of benzene rings is 2. The molecule has 0 aliphatic carbocycles. The number of nitrogens with zero attached hydrogens (tertiary/aromatic N) is 1. The lowest BCUT2D eigenvalue weighted by atomic mass is 9.79. The van der Waals surface area contributed by atoms with Crippen molar-refractivity contribution in [2.24, 2.45) is 0 Å². The molecule has 2 aliphatic heterocycles. The van der Waals surface area contributed by atoms with E-state index < -0.39 is 11.4 Å². The van der Waals surface area contributed by atoms with E-state index in [1.807, 2.05) is 30.3 Å². The molecule has 0 bridgehead atoms. The van der Waals surface area contributed by atoms with E-state index in [4.69, 9.17) is 4.74 Å². The molecule has 0 saturated carbocycles. The van der Waals surface area contributed by atoms with Gasteiger partial charge in [-0.25, -0.2) is 4.79 Å². The third-order valence-corrected chi connectivity index (χ3v) is 6.85. The van der Waals surface area contributed by atoms with Gasteiger partial charge in [-0.05, 0) is 49.7 Å². The normalized spacial score (nSPS) is 19.9. The number of anilines is 1. The number of amides is 4. The van der Waals surface area contributed by atoms with Crippen LogP contribution in [-0.2, 0) is 9.59 Å². The van der Waals surface area contributed by atoms with E-state index >= 15 is 0 Å². The molecule has 0 aromatic heterocycles. The average Bonchev–Trinajstić information content (AvgIpc) is 3.15. The van der Waals surface area contributed by atoms with Gasteiger partial charge in [0, 0.05) is 30.9 Å². The lowest BCUT2D eigenvalue weighted by Gasteiger charge is -2.48. The standard InChI is InChI=1S/C28H34N4O4/c1-3-4-5-9-16-28(24-20(2)25(33)31-26(24)34)19-29-17-18-32(28)27(35)30-21-12-14-23(15-13-21)36-22-10-7-6-8-11-22/h6-8,10-15,29H,3-5,9,16-19H2,1-2H3,(H,30,35)(H,31,33,34). The molecule has 2 aliphatic rings. The van der Waals surface area contributed by atoms with Gasteiger partial charge in [0.25, 0.3) is 11.8 Å². The Hall–Kier alpha value is -3.65. The van der Waals surface area contributed by atoms with Crippen molar-refractivity contribution < 1.29 is 19.1 Å². The number of imide groups is 1. The van der Waals surface area contributed by atoms with Gasteiger partial charge < -0.3 is 20.3 Å². The minimum absolute atomic E-state index is 0.295. The van der Waals surface area contributed by atoms with Gasteiger partial charge >= 0.3 is 6.03 Å². The van der Waals surface area contributed by atoms with Crippen molar-refractivity contribution in [3.05, 3.63) is 65.7 Å². The topological polar surface area (TPSA) is 99.8 Å². The number of nitrogens with one attached hydrogen (secondary N) is 3. The molecule has 2 heterocycles. The number of carbonyl (C=O) groups is 3. The first-order valence-electron chi connectivity index (χ1n) is 12.6. The summed E-state index contributed by atoms with van der Waals surface area (Å²) in [7, 11) is 0. The molecule has 36 heavy (non-hydrogen) atoms. The van der Waals surface area contributed by atoms with Crippen LogP contribution in [0.3, 0.4) is 0 Å². The molecule has 1 unspecified atom stereocenters. The lowest BCUT2D eigenvalue weighted by Crippen LogP contribution is -2.65. The minimum atomic E-state index is -0.896. The Morgan fingerprint density at radius 2 is 1.72 bits per heavy atom. The Labute approximate surface area is 212 Å². The Morgan fingerprint density at radius 1 is 1.00 bits per heavy atom. The van der Waals surface area contributed by atoms with Crippen LogP contribution in [0.15, 0.2) is 65.7 Å². The van der Waals surface area contributed by atoms with E-state index in [0.717, 1.165) is 31.4 Å². The Bertz CT molecular complexity index is 1130. The summed E-state index contributed by atoms with van der Waals surface area (Å²) < 4.78 is 5.84. The fraction of sp³-hybridized carbons (Fsp3) is 0.393. The zero-order valence-electron chi connectivity index (χ0n) is 20.9. The Balaban J connectivity index is 1.56. The molecule has 8 nitrogen and oxygen atoms in total. The molecule has 190 valence electrons. The first-order valence-corrected chi connectivity index (χ1v) is 12.6. The third kappa shape index (κ3) is 5.44. The number of hydrogen-bond donors (Lipinski definition) is 3. The monoisotopic (exact) mass is 490 g/mol. The fourth-order valence-corrected chi connectivity index (χ4v) is 5.03. The fourth-order valence-electron chi connectivity index (χ4n) is 5.03. The van der Waals surface area contributed by atoms with Crippen LogP contribution in [0.25, 0.3) is 0 Å². The summed E-state index contributed by atoms with van der Waals surface area (Å²) in [5.41, 5.74) is 0.515. The van der Waals surface area contributed by atoms with Gasteiger partial charge in [-0.2, -0.15) is 0 Å². The van der Waals surface area contributed by atoms with E-state index in [-0.39, 0.29) is 11.9 Å². The maximum Gasteiger partial charge on any atom is 0.322 e. The molecule has 2 aromatic carbocycles. The SMILES string of the molecule is CCCCCCC1(C2=C(C)C(=O)NC2=O)CNCCN1C(=O)Nc1ccc(Oc2ccccc2)cc1. The summed E-state index contributed by atoms with van der Waals surface area (Å²) in [6.07, 6.45) is 4.61. The quantitative estimate of drug-likeness (QED) is 0.352. The van der Waals surface area contributed by atoms with Crippen LogP contribution in [0.4, 0.5) is 10.5 Å². The molecular weight excluding hydrogens is 456 g/mol. The van der Waals surface area contributed by atoms with Gasteiger partial charge in [0.1, 0.15) is 11.5 Å². The Morgan fingerprint density at radius 3 is 2.39 bits per heavy atom. The molecule has 1 saturated heterocycles. The smallest absolute Gasteiger partial charge is 0.322 e. The molecule has 0 radical (unpaired) electrons. The number of carbonyl (C=O) groups excluding carboxylic acids is 3. The van der Waals surface area contributed by atoms with Crippen LogP contribution in [0.5, 0.6) is 11.5 Å². The van der Waals surface area contributed by atoms with Gasteiger partial charge in [0.05, 0.1) is 11.1 Å². The number of unbranched alkanes of at least 4 members (excludes halogenated alkanes) is 3. The number of para-hydroxylation sites is 1. The van der Waals surface area contributed by atoms with E-state index in [2.05, 4.69) is 22.9 Å². The minimum Gasteiger partial charge on any atom is -0.457 e. The molecule has 0 spiro atoms. The largest absolute Gasteiger partial charge is 0.457 e. The van der Waals surface area contributed by atoms with Gasteiger partial charge in [-0.15, -0.1) is 0 Å². The molecule has 4 amide bonds. The summed E-state index contributed by atoms with van der Waals surface area (Å²) in [5.74, 6) is 0.601. The summed E-state index contributed by atoms with van der Waals surface area (Å²) in [5, 5.41) is 8.78. The Kier molecular flexibility index (Phi) is 8.05. The average molecular weight is 491 g/mol. The second-order valence-electron chi connectivity index (χ2n) is 9.32. The van der Waals surface area contributed by atoms with Crippen molar-refractivity contribution in [3.8, 4) is 11.5 Å². The van der Waals surface area contributed by atoms with Gasteiger partial charge in [-0.1, -0.05) is 50.8 Å². The highest BCUT2D eigenvalue weighted by Crippen LogP contribution is 2.37. The molecule has 3 N–H and O–H groups in total. The number of hydrogen-bond acceptors (Lipinski definition) is 5. The van der Waals surface area contributed by atoms with Crippen molar-refractivity contribution in [1.29, 1.82) is 0 Å². The van der Waals surface area contributed by atoms with Gasteiger partial charge in [0.2, 0.25) is 0 Å². The van der Waals surface area contributed by atoms with Crippen LogP contribution >= 0.6 is 0 Å².